The molecule has 31 heavy (non-hydrogen) atoms. The first-order valence-corrected chi connectivity index (χ1v) is 10.3. The summed E-state index contributed by atoms with van der Waals surface area (Å²) in [5.41, 5.74) is 1.55. The first-order chi connectivity index (χ1) is 15.0. The molecule has 7 heteroatoms. The van der Waals surface area contributed by atoms with Crippen molar-refractivity contribution in [3.63, 3.8) is 0 Å². The Labute approximate surface area is 193 Å². The Kier molecular flexibility index (Phi) is 7.62. The minimum atomic E-state index is -0.512. The van der Waals surface area contributed by atoms with Gasteiger partial charge in [-0.15, -0.1) is 0 Å². The predicted octanol–water partition coefficient (Wildman–Crippen LogP) is 5.56. The van der Waals surface area contributed by atoms with Gasteiger partial charge in [-0.25, -0.2) is 4.39 Å². The van der Waals surface area contributed by atoms with Crippen LogP contribution in [0.2, 0.25) is 0 Å². The smallest absolute Gasteiger partial charge is 0.266 e. The van der Waals surface area contributed by atoms with Crippen molar-refractivity contribution in [3.8, 4) is 17.6 Å². The van der Waals surface area contributed by atoms with Crippen LogP contribution in [0, 0.1) is 20.7 Å². The van der Waals surface area contributed by atoms with Crippen LogP contribution in [0.5, 0.6) is 11.5 Å². The summed E-state index contributed by atoms with van der Waals surface area (Å²) in [5.74, 6) is -0.0356. The summed E-state index contributed by atoms with van der Waals surface area (Å²) in [5, 5.41) is 12.1. The Morgan fingerprint density at radius 2 is 1.87 bits per heavy atom. The fourth-order valence-electron chi connectivity index (χ4n) is 2.71. The highest BCUT2D eigenvalue weighted by atomic mass is 127. The zero-order valence-electron chi connectivity index (χ0n) is 16.6. The standard InChI is InChI=1S/C24H18FIN2O3/c1-30-23-13-16(6-11-22(23)31-15-17-4-2-3-5-21(17)25)12-18(14-27)24(29)28-20-9-7-19(26)8-10-20/h2-13H,15H2,1H3,(H,28,29)/b18-12+. The van der Waals surface area contributed by atoms with E-state index in [0.717, 1.165) is 3.57 Å². The fourth-order valence-corrected chi connectivity index (χ4v) is 3.07. The lowest BCUT2D eigenvalue weighted by atomic mass is 10.1. The summed E-state index contributed by atoms with van der Waals surface area (Å²) in [6.07, 6.45) is 1.46. The minimum Gasteiger partial charge on any atom is -0.493 e. The minimum absolute atomic E-state index is 0.0417. The van der Waals surface area contributed by atoms with Crippen LogP contribution in [0.3, 0.4) is 0 Å². The topological polar surface area (TPSA) is 71.3 Å². The lowest BCUT2D eigenvalue weighted by Gasteiger charge is -2.12. The number of hydrogen-bond acceptors (Lipinski definition) is 4. The Balaban J connectivity index is 1.75. The van der Waals surface area contributed by atoms with Crippen molar-refractivity contribution in [1.29, 1.82) is 5.26 Å². The van der Waals surface area contributed by atoms with E-state index in [1.807, 2.05) is 18.2 Å². The van der Waals surface area contributed by atoms with E-state index in [9.17, 15) is 14.4 Å². The molecule has 3 aromatic carbocycles. The number of hydrogen-bond donors (Lipinski definition) is 1. The highest BCUT2D eigenvalue weighted by Crippen LogP contribution is 2.30. The molecule has 1 N–H and O–H groups in total. The van der Waals surface area contributed by atoms with Gasteiger partial charge in [0, 0.05) is 14.8 Å². The molecule has 0 heterocycles. The zero-order chi connectivity index (χ0) is 22.2. The summed E-state index contributed by atoms with van der Waals surface area (Å²) < 4.78 is 25.9. The number of amides is 1. The number of nitrogens with one attached hydrogen (secondary N) is 1. The van der Waals surface area contributed by atoms with Gasteiger partial charge in [-0.3, -0.25) is 4.79 Å². The number of carbonyl (C=O) groups is 1. The first kappa shape index (κ1) is 22.3. The number of rotatable bonds is 7. The maximum absolute atomic E-state index is 13.8. The maximum Gasteiger partial charge on any atom is 0.266 e. The lowest BCUT2D eigenvalue weighted by Crippen LogP contribution is -2.13. The van der Waals surface area contributed by atoms with Gasteiger partial charge in [-0.2, -0.15) is 5.26 Å². The number of nitriles is 1. The summed E-state index contributed by atoms with van der Waals surface area (Å²) >= 11 is 2.17. The maximum atomic E-state index is 13.8. The van der Waals surface area contributed by atoms with Crippen molar-refractivity contribution in [1.82, 2.24) is 0 Å². The van der Waals surface area contributed by atoms with Gasteiger partial charge in [0.25, 0.3) is 5.91 Å². The Hall–Kier alpha value is -3.38. The molecule has 3 rings (SSSR count). The molecule has 0 aromatic heterocycles. The largest absolute Gasteiger partial charge is 0.493 e. The van der Waals surface area contributed by atoms with Crippen LogP contribution < -0.4 is 14.8 Å². The highest BCUT2D eigenvalue weighted by molar-refractivity contribution is 14.1. The molecule has 0 bridgehead atoms. The van der Waals surface area contributed by atoms with Gasteiger partial charge in [0.15, 0.2) is 11.5 Å². The monoisotopic (exact) mass is 528 g/mol. The summed E-state index contributed by atoms with van der Waals surface area (Å²) in [6, 6.07) is 20.5. The number of carbonyl (C=O) groups excluding carboxylic acids is 1. The second-order valence-electron chi connectivity index (χ2n) is 6.42. The molecule has 0 unspecified atom stereocenters. The van der Waals surface area contributed by atoms with E-state index in [1.54, 1.807) is 48.5 Å². The molecular formula is C24H18FIN2O3. The van der Waals surface area contributed by atoms with E-state index < -0.39 is 5.91 Å². The van der Waals surface area contributed by atoms with Crippen LogP contribution >= 0.6 is 22.6 Å². The van der Waals surface area contributed by atoms with Crippen molar-refractivity contribution < 1.29 is 18.7 Å². The van der Waals surface area contributed by atoms with Crippen LogP contribution in [-0.4, -0.2) is 13.0 Å². The van der Waals surface area contributed by atoms with Crippen LogP contribution in [0.1, 0.15) is 11.1 Å². The first-order valence-electron chi connectivity index (χ1n) is 9.23. The van der Waals surface area contributed by atoms with Gasteiger partial charge >= 0.3 is 0 Å². The van der Waals surface area contributed by atoms with Gasteiger partial charge in [-0.05, 0) is 76.7 Å². The molecule has 0 radical (unpaired) electrons. The van der Waals surface area contributed by atoms with Crippen LogP contribution in [-0.2, 0) is 11.4 Å². The third-order valence-electron chi connectivity index (χ3n) is 4.31. The molecule has 0 aliphatic heterocycles. The molecular weight excluding hydrogens is 510 g/mol. The molecule has 0 aliphatic carbocycles. The molecule has 0 fully saturated rings. The number of halogens is 2. The van der Waals surface area contributed by atoms with Crippen LogP contribution in [0.25, 0.3) is 6.08 Å². The fraction of sp³-hybridized carbons (Fsp3) is 0.0833. The quantitative estimate of drug-likeness (QED) is 0.248. The SMILES string of the molecule is COc1cc(/C=C(\C#N)C(=O)Nc2ccc(I)cc2)ccc1OCc1ccccc1F. The van der Waals surface area contributed by atoms with Crippen LogP contribution in [0.4, 0.5) is 10.1 Å². The number of methoxy groups -OCH3 is 1. The highest BCUT2D eigenvalue weighted by Gasteiger charge is 2.12. The van der Waals surface area contributed by atoms with Crippen LogP contribution in [0.15, 0.2) is 72.3 Å². The van der Waals surface area contributed by atoms with Gasteiger partial charge in [-0.1, -0.05) is 24.3 Å². The lowest BCUT2D eigenvalue weighted by molar-refractivity contribution is -0.112. The van der Waals surface area contributed by atoms with Gasteiger partial charge in [0.2, 0.25) is 0 Å². The Bertz CT molecular complexity index is 1150. The van der Waals surface area contributed by atoms with Gasteiger partial charge in [0.1, 0.15) is 24.1 Å². The van der Waals surface area contributed by atoms with E-state index >= 15 is 0 Å². The predicted molar refractivity (Wildman–Crippen MR) is 125 cm³/mol. The Morgan fingerprint density at radius 1 is 1.13 bits per heavy atom. The van der Waals surface area contributed by atoms with E-state index in [4.69, 9.17) is 9.47 Å². The molecule has 0 atom stereocenters. The summed E-state index contributed by atoms with van der Waals surface area (Å²) in [4.78, 5) is 12.5. The number of benzene rings is 3. The molecule has 5 nitrogen and oxygen atoms in total. The number of anilines is 1. The molecule has 0 saturated carbocycles. The molecule has 1 amide bonds. The van der Waals surface area contributed by atoms with Crippen molar-refractivity contribution in [2.24, 2.45) is 0 Å². The van der Waals surface area contributed by atoms with Crippen molar-refractivity contribution in [2.45, 2.75) is 6.61 Å². The molecule has 156 valence electrons. The van der Waals surface area contributed by atoms with E-state index in [1.165, 1.54) is 19.3 Å². The van der Waals surface area contributed by atoms with E-state index in [-0.39, 0.29) is 18.0 Å². The second-order valence-corrected chi connectivity index (χ2v) is 7.67. The van der Waals surface area contributed by atoms with Gasteiger partial charge < -0.3 is 14.8 Å². The zero-order valence-corrected chi connectivity index (χ0v) is 18.7. The summed E-state index contributed by atoms with van der Waals surface area (Å²) in [6.45, 7) is 0.0417. The second kappa shape index (κ2) is 10.6. The molecule has 0 spiro atoms. The number of nitrogens with zero attached hydrogens (tertiary/aromatic N) is 1. The summed E-state index contributed by atoms with van der Waals surface area (Å²) in [7, 11) is 1.48. The van der Waals surface area contributed by atoms with E-state index in [2.05, 4.69) is 27.9 Å². The third kappa shape index (κ3) is 6.06. The molecule has 3 aromatic rings. The van der Waals surface area contributed by atoms with Gasteiger partial charge in [0.05, 0.1) is 7.11 Å². The average molecular weight is 528 g/mol. The van der Waals surface area contributed by atoms with Crippen molar-refractivity contribution in [2.75, 3.05) is 12.4 Å². The number of ether oxygens (including phenoxy) is 2. The van der Waals surface area contributed by atoms with E-state index in [0.29, 0.717) is 28.3 Å². The normalized spacial score (nSPS) is 10.8. The molecule has 0 aliphatic rings. The average Bonchev–Trinajstić information content (AvgIpc) is 2.78. The third-order valence-corrected chi connectivity index (χ3v) is 5.03. The molecule has 0 saturated heterocycles. The van der Waals surface area contributed by atoms with Crippen molar-refractivity contribution >= 4 is 40.3 Å². The van der Waals surface area contributed by atoms with Crippen molar-refractivity contribution in [3.05, 3.63) is 92.8 Å². The Morgan fingerprint density at radius 3 is 2.55 bits per heavy atom.